The maximum absolute atomic E-state index is 9.53. The summed E-state index contributed by atoms with van der Waals surface area (Å²) in [5, 5.41) is 23.1. The standard InChI is InChI=1S/C11H19NO3S/c13-5-2-4-12-7-10(14)8-15-9-11-3-1-6-16-11/h1,3,6,10,12-14H,2,4-5,7-9H2. The van der Waals surface area contributed by atoms with Crippen LogP contribution in [-0.4, -0.2) is 42.6 Å². The summed E-state index contributed by atoms with van der Waals surface area (Å²) in [6.07, 6.45) is 0.224. The Morgan fingerprint density at radius 3 is 3.06 bits per heavy atom. The van der Waals surface area contributed by atoms with Crippen LogP contribution in [0.3, 0.4) is 0 Å². The van der Waals surface area contributed by atoms with Crippen LogP contribution in [0.4, 0.5) is 0 Å². The number of hydrogen-bond acceptors (Lipinski definition) is 5. The monoisotopic (exact) mass is 245 g/mol. The summed E-state index contributed by atoms with van der Waals surface area (Å²) >= 11 is 1.65. The lowest BCUT2D eigenvalue weighted by Crippen LogP contribution is -2.31. The Bertz CT molecular complexity index is 254. The van der Waals surface area contributed by atoms with Crippen molar-refractivity contribution in [3.05, 3.63) is 22.4 Å². The second-order valence-electron chi connectivity index (χ2n) is 3.53. The number of thiophene rings is 1. The van der Waals surface area contributed by atoms with E-state index >= 15 is 0 Å². The van der Waals surface area contributed by atoms with Gasteiger partial charge in [-0.05, 0) is 24.4 Å². The molecule has 0 aromatic carbocycles. The van der Waals surface area contributed by atoms with Gasteiger partial charge in [0.25, 0.3) is 0 Å². The second kappa shape index (κ2) is 8.66. The number of nitrogens with one attached hydrogen (secondary N) is 1. The molecule has 0 amide bonds. The van der Waals surface area contributed by atoms with Crippen molar-refractivity contribution in [1.82, 2.24) is 5.32 Å². The van der Waals surface area contributed by atoms with Crippen LogP contribution in [0.1, 0.15) is 11.3 Å². The summed E-state index contributed by atoms with van der Waals surface area (Å²) < 4.78 is 5.37. The van der Waals surface area contributed by atoms with Crippen molar-refractivity contribution in [3.8, 4) is 0 Å². The Hall–Kier alpha value is -0.460. The van der Waals surface area contributed by atoms with Crippen LogP contribution < -0.4 is 5.32 Å². The SMILES string of the molecule is OCCCNCC(O)COCc1cccs1. The molecule has 1 aromatic rings. The second-order valence-corrected chi connectivity index (χ2v) is 4.56. The van der Waals surface area contributed by atoms with Crippen LogP contribution in [0.25, 0.3) is 0 Å². The van der Waals surface area contributed by atoms with Gasteiger partial charge in [-0.1, -0.05) is 6.07 Å². The molecule has 1 aromatic heterocycles. The first-order valence-electron chi connectivity index (χ1n) is 5.42. The Morgan fingerprint density at radius 1 is 1.50 bits per heavy atom. The molecule has 0 radical (unpaired) electrons. The molecule has 1 heterocycles. The molecule has 1 atom stereocenters. The largest absolute Gasteiger partial charge is 0.396 e. The minimum Gasteiger partial charge on any atom is -0.396 e. The van der Waals surface area contributed by atoms with E-state index < -0.39 is 6.10 Å². The minimum atomic E-state index is -0.487. The first-order chi connectivity index (χ1) is 7.83. The maximum Gasteiger partial charge on any atom is 0.0897 e. The highest BCUT2D eigenvalue weighted by molar-refractivity contribution is 7.09. The van der Waals surface area contributed by atoms with Gasteiger partial charge in [0.2, 0.25) is 0 Å². The zero-order valence-electron chi connectivity index (χ0n) is 9.26. The third-order valence-corrected chi connectivity index (χ3v) is 2.88. The van der Waals surface area contributed by atoms with Gasteiger partial charge in [-0.25, -0.2) is 0 Å². The van der Waals surface area contributed by atoms with E-state index in [0.717, 1.165) is 6.54 Å². The highest BCUT2D eigenvalue weighted by Crippen LogP contribution is 2.09. The maximum atomic E-state index is 9.53. The van der Waals surface area contributed by atoms with Crippen molar-refractivity contribution in [2.45, 2.75) is 19.1 Å². The minimum absolute atomic E-state index is 0.179. The molecule has 0 saturated heterocycles. The zero-order chi connectivity index (χ0) is 11.6. The summed E-state index contributed by atoms with van der Waals surface area (Å²) in [5.74, 6) is 0. The number of hydrogen-bond donors (Lipinski definition) is 3. The average molecular weight is 245 g/mol. The van der Waals surface area contributed by atoms with Crippen molar-refractivity contribution in [2.24, 2.45) is 0 Å². The normalized spacial score (nSPS) is 12.9. The van der Waals surface area contributed by atoms with E-state index in [1.54, 1.807) is 11.3 Å². The number of ether oxygens (including phenoxy) is 1. The fraction of sp³-hybridized carbons (Fsp3) is 0.636. The average Bonchev–Trinajstić information content (AvgIpc) is 2.77. The predicted molar refractivity (Wildman–Crippen MR) is 64.6 cm³/mol. The predicted octanol–water partition coefficient (Wildman–Crippen LogP) is 0.598. The van der Waals surface area contributed by atoms with E-state index in [2.05, 4.69) is 5.32 Å². The first kappa shape index (κ1) is 13.6. The molecule has 4 nitrogen and oxygen atoms in total. The van der Waals surface area contributed by atoms with Crippen LogP contribution >= 0.6 is 11.3 Å². The summed E-state index contributed by atoms with van der Waals surface area (Å²) in [5.41, 5.74) is 0. The number of rotatable bonds is 9. The number of aliphatic hydroxyl groups excluding tert-OH is 2. The van der Waals surface area contributed by atoms with Crippen molar-refractivity contribution < 1.29 is 14.9 Å². The molecule has 0 saturated carbocycles. The molecule has 1 rings (SSSR count). The van der Waals surface area contributed by atoms with E-state index in [1.165, 1.54) is 4.88 Å². The van der Waals surface area contributed by atoms with Crippen molar-refractivity contribution in [3.63, 3.8) is 0 Å². The molecular weight excluding hydrogens is 226 g/mol. The van der Waals surface area contributed by atoms with Crippen LogP contribution in [-0.2, 0) is 11.3 Å². The van der Waals surface area contributed by atoms with Gasteiger partial charge in [-0.3, -0.25) is 0 Å². The molecule has 5 heteroatoms. The molecule has 0 aliphatic heterocycles. The van der Waals surface area contributed by atoms with Gasteiger partial charge in [0.1, 0.15) is 0 Å². The lowest BCUT2D eigenvalue weighted by molar-refractivity contribution is 0.0298. The molecule has 92 valence electrons. The van der Waals surface area contributed by atoms with Gasteiger partial charge in [0.15, 0.2) is 0 Å². The topological polar surface area (TPSA) is 61.7 Å². The summed E-state index contributed by atoms with van der Waals surface area (Å²) in [4.78, 5) is 1.17. The van der Waals surface area contributed by atoms with Gasteiger partial charge in [0, 0.05) is 18.0 Å². The molecule has 0 spiro atoms. The molecule has 0 bridgehead atoms. The summed E-state index contributed by atoms with van der Waals surface area (Å²) in [6.45, 7) is 2.30. The Kier molecular flexibility index (Phi) is 7.37. The van der Waals surface area contributed by atoms with Gasteiger partial charge in [0.05, 0.1) is 19.3 Å². The van der Waals surface area contributed by atoms with Crippen molar-refractivity contribution in [2.75, 3.05) is 26.3 Å². The van der Waals surface area contributed by atoms with Crippen molar-refractivity contribution >= 4 is 11.3 Å². The molecule has 0 aliphatic rings. The third kappa shape index (κ3) is 6.19. The van der Waals surface area contributed by atoms with Gasteiger partial charge >= 0.3 is 0 Å². The highest BCUT2D eigenvalue weighted by atomic mass is 32.1. The smallest absolute Gasteiger partial charge is 0.0897 e. The summed E-state index contributed by atoms with van der Waals surface area (Å²) in [7, 11) is 0. The molecule has 1 unspecified atom stereocenters. The zero-order valence-corrected chi connectivity index (χ0v) is 10.1. The van der Waals surface area contributed by atoms with Gasteiger partial charge < -0.3 is 20.3 Å². The molecule has 0 fully saturated rings. The van der Waals surface area contributed by atoms with E-state index in [-0.39, 0.29) is 6.61 Å². The van der Waals surface area contributed by atoms with E-state index in [0.29, 0.717) is 26.2 Å². The van der Waals surface area contributed by atoms with Crippen LogP contribution in [0.2, 0.25) is 0 Å². The van der Waals surface area contributed by atoms with Gasteiger partial charge in [-0.2, -0.15) is 0 Å². The van der Waals surface area contributed by atoms with Crippen LogP contribution in [0, 0.1) is 0 Å². The third-order valence-electron chi connectivity index (χ3n) is 2.03. The van der Waals surface area contributed by atoms with E-state index in [1.807, 2.05) is 17.5 Å². The Morgan fingerprint density at radius 2 is 2.38 bits per heavy atom. The highest BCUT2D eigenvalue weighted by Gasteiger charge is 2.03. The lowest BCUT2D eigenvalue weighted by Gasteiger charge is -2.11. The van der Waals surface area contributed by atoms with Crippen molar-refractivity contribution in [1.29, 1.82) is 0 Å². The fourth-order valence-electron chi connectivity index (χ4n) is 1.22. The Balaban J connectivity index is 1.95. The fourth-order valence-corrected chi connectivity index (χ4v) is 1.86. The Labute approximate surface area is 99.9 Å². The molecule has 3 N–H and O–H groups in total. The number of aliphatic hydroxyl groups is 2. The van der Waals surface area contributed by atoms with E-state index in [9.17, 15) is 5.11 Å². The van der Waals surface area contributed by atoms with Gasteiger partial charge in [-0.15, -0.1) is 11.3 Å². The van der Waals surface area contributed by atoms with Crippen LogP contribution in [0.5, 0.6) is 0 Å². The van der Waals surface area contributed by atoms with Crippen LogP contribution in [0.15, 0.2) is 17.5 Å². The quantitative estimate of drug-likeness (QED) is 0.558. The molecular formula is C11H19NO3S. The first-order valence-corrected chi connectivity index (χ1v) is 6.30. The molecule has 0 aliphatic carbocycles. The molecule has 16 heavy (non-hydrogen) atoms. The van der Waals surface area contributed by atoms with E-state index in [4.69, 9.17) is 9.84 Å². The summed E-state index contributed by atoms with van der Waals surface area (Å²) in [6, 6.07) is 3.99. The lowest BCUT2D eigenvalue weighted by atomic mass is 10.3.